The number of ether oxygens (including phenoxy) is 1. The number of ketones is 1. The maximum atomic E-state index is 11.4. The van der Waals surface area contributed by atoms with Crippen molar-refractivity contribution in [2.45, 2.75) is 39.7 Å². The van der Waals surface area contributed by atoms with E-state index in [1.165, 1.54) is 5.56 Å². The summed E-state index contributed by atoms with van der Waals surface area (Å²) < 4.78 is 5.80. The van der Waals surface area contributed by atoms with Crippen LogP contribution in [0.3, 0.4) is 0 Å². The predicted molar refractivity (Wildman–Crippen MR) is 85.6 cm³/mol. The molecule has 0 saturated heterocycles. The van der Waals surface area contributed by atoms with Gasteiger partial charge in [0.05, 0.1) is 0 Å². The molecule has 2 heteroatoms. The Hall–Kier alpha value is -2.09. The standard InChI is InChI=1S/C17H16O2.C2H6/c18-16-8-6-15-11-17(9-7-14(15)10-16)19-12-13-4-2-1-3-5-13;1-2/h1-5,7,9,11H,6,8,10,12H2;1-2H3. The number of Topliss-reactive ketones (excluding diaryl/α,β-unsaturated/α-hetero) is 1. The van der Waals surface area contributed by atoms with Crippen molar-refractivity contribution in [3.8, 4) is 5.75 Å². The molecule has 0 radical (unpaired) electrons. The van der Waals surface area contributed by atoms with Crippen molar-refractivity contribution >= 4 is 5.78 Å². The van der Waals surface area contributed by atoms with Gasteiger partial charge in [-0.1, -0.05) is 50.2 Å². The van der Waals surface area contributed by atoms with E-state index in [0.717, 1.165) is 23.3 Å². The zero-order valence-corrected chi connectivity index (χ0v) is 12.8. The van der Waals surface area contributed by atoms with Gasteiger partial charge in [-0.15, -0.1) is 0 Å². The number of hydrogen-bond donors (Lipinski definition) is 0. The molecule has 0 bridgehead atoms. The summed E-state index contributed by atoms with van der Waals surface area (Å²) in [6.45, 7) is 4.58. The highest BCUT2D eigenvalue weighted by Crippen LogP contribution is 2.24. The Morgan fingerprint density at radius 1 is 0.952 bits per heavy atom. The van der Waals surface area contributed by atoms with E-state index in [-0.39, 0.29) is 0 Å². The Labute approximate surface area is 126 Å². The maximum Gasteiger partial charge on any atom is 0.137 e. The fourth-order valence-electron chi connectivity index (χ4n) is 2.41. The molecule has 0 heterocycles. The van der Waals surface area contributed by atoms with Crippen LogP contribution < -0.4 is 4.74 Å². The molecule has 0 N–H and O–H groups in total. The van der Waals surface area contributed by atoms with Crippen molar-refractivity contribution in [3.05, 3.63) is 65.2 Å². The van der Waals surface area contributed by atoms with Gasteiger partial charge in [-0.2, -0.15) is 0 Å². The van der Waals surface area contributed by atoms with Crippen LogP contribution in [0.15, 0.2) is 48.5 Å². The number of aryl methyl sites for hydroxylation is 1. The quantitative estimate of drug-likeness (QED) is 0.836. The summed E-state index contributed by atoms with van der Waals surface area (Å²) >= 11 is 0. The molecule has 110 valence electrons. The van der Waals surface area contributed by atoms with E-state index in [2.05, 4.69) is 18.2 Å². The average Bonchev–Trinajstić information content (AvgIpc) is 2.56. The Balaban J connectivity index is 0.000000774. The first-order chi connectivity index (χ1) is 10.3. The highest BCUT2D eigenvalue weighted by atomic mass is 16.5. The van der Waals surface area contributed by atoms with Crippen molar-refractivity contribution in [2.24, 2.45) is 0 Å². The van der Waals surface area contributed by atoms with E-state index in [1.807, 2.05) is 44.2 Å². The van der Waals surface area contributed by atoms with Crippen molar-refractivity contribution in [1.82, 2.24) is 0 Å². The molecule has 2 aromatic rings. The second kappa shape index (κ2) is 7.63. The van der Waals surface area contributed by atoms with Gasteiger partial charge in [0, 0.05) is 12.8 Å². The lowest BCUT2D eigenvalue weighted by molar-refractivity contribution is -0.118. The molecule has 1 aliphatic rings. The monoisotopic (exact) mass is 282 g/mol. The first kappa shape index (κ1) is 15.3. The minimum Gasteiger partial charge on any atom is -0.489 e. The maximum absolute atomic E-state index is 11.4. The zero-order valence-electron chi connectivity index (χ0n) is 12.8. The van der Waals surface area contributed by atoms with Gasteiger partial charge in [0.15, 0.2) is 0 Å². The van der Waals surface area contributed by atoms with Crippen LogP contribution in [0.5, 0.6) is 5.75 Å². The van der Waals surface area contributed by atoms with E-state index >= 15 is 0 Å². The fourth-order valence-corrected chi connectivity index (χ4v) is 2.41. The van der Waals surface area contributed by atoms with Crippen molar-refractivity contribution in [1.29, 1.82) is 0 Å². The molecule has 2 nitrogen and oxygen atoms in total. The van der Waals surface area contributed by atoms with Gasteiger partial charge >= 0.3 is 0 Å². The van der Waals surface area contributed by atoms with Crippen molar-refractivity contribution in [3.63, 3.8) is 0 Å². The highest BCUT2D eigenvalue weighted by molar-refractivity contribution is 5.83. The largest absolute Gasteiger partial charge is 0.489 e. The van der Waals surface area contributed by atoms with Gasteiger partial charge in [0.1, 0.15) is 18.1 Å². The van der Waals surface area contributed by atoms with Crippen molar-refractivity contribution in [2.75, 3.05) is 0 Å². The minimum absolute atomic E-state index is 0.338. The van der Waals surface area contributed by atoms with Gasteiger partial charge in [0.2, 0.25) is 0 Å². The molecular formula is C19H22O2. The smallest absolute Gasteiger partial charge is 0.137 e. The summed E-state index contributed by atoms with van der Waals surface area (Å²) in [7, 11) is 0. The molecule has 2 aromatic carbocycles. The van der Waals surface area contributed by atoms with Crippen molar-refractivity contribution < 1.29 is 9.53 Å². The Morgan fingerprint density at radius 2 is 1.71 bits per heavy atom. The molecule has 0 atom stereocenters. The molecule has 0 aromatic heterocycles. The lowest BCUT2D eigenvalue weighted by Gasteiger charge is -2.16. The normalized spacial score (nSPS) is 13.0. The molecule has 0 fully saturated rings. The predicted octanol–water partition coefficient (Wildman–Crippen LogP) is 4.35. The van der Waals surface area contributed by atoms with Crippen LogP contribution in [0.1, 0.15) is 37.0 Å². The zero-order chi connectivity index (χ0) is 15.1. The lowest BCUT2D eigenvalue weighted by Crippen LogP contribution is -2.13. The van der Waals surface area contributed by atoms with Gasteiger partial charge in [-0.25, -0.2) is 0 Å². The first-order valence-corrected chi connectivity index (χ1v) is 7.61. The molecule has 0 aliphatic heterocycles. The molecule has 0 spiro atoms. The Kier molecular flexibility index (Phi) is 5.56. The second-order valence-electron chi connectivity index (χ2n) is 4.92. The topological polar surface area (TPSA) is 26.3 Å². The van der Waals surface area contributed by atoms with Gasteiger partial charge < -0.3 is 4.74 Å². The van der Waals surface area contributed by atoms with E-state index in [0.29, 0.717) is 25.2 Å². The molecule has 0 unspecified atom stereocenters. The average molecular weight is 282 g/mol. The third-order valence-corrected chi connectivity index (χ3v) is 3.49. The van der Waals surface area contributed by atoms with Crippen LogP contribution in [0.2, 0.25) is 0 Å². The SMILES string of the molecule is CC.O=C1CCc2cc(OCc3ccccc3)ccc2C1. The summed E-state index contributed by atoms with van der Waals surface area (Å²) in [6.07, 6.45) is 2.08. The highest BCUT2D eigenvalue weighted by Gasteiger charge is 2.15. The third-order valence-electron chi connectivity index (χ3n) is 3.49. The van der Waals surface area contributed by atoms with Gasteiger partial charge in [-0.3, -0.25) is 4.79 Å². The number of hydrogen-bond acceptors (Lipinski definition) is 2. The summed E-state index contributed by atoms with van der Waals surface area (Å²) in [5, 5.41) is 0. The second-order valence-corrected chi connectivity index (χ2v) is 4.92. The van der Waals surface area contributed by atoms with Crippen LogP contribution in [-0.2, 0) is 24.2 Å². The number of carbonyl (C=O) groups is 1. The van der Waals surface area contributed by atoms with E-state index in [9.17, 15) is 4.79 Å². The van der Waals surface area contributed by atoms with Crippen LogP contribution in [-0.4, -0.2) is 5.78 Å². The minimum atomic E-state index is 0.338. The third kappa shape index (κ3) is 4.19. The molecule has 0 amide bonds. The summed E-state index contributed by atoms with van der Waals surface area (Å²) in [5.74, 6) is 1.22. The summed E-state index contributed by atoms with van der Waals surface area (Å²) in [6, 6.07) is 16.2. The number of rotatable bonds is 3. The molecular weight excluding hydrogens is 260 g/mol. The fraction of sp³-hybridized carbons (Fsp3) is 0.316. The Morgan fingerprint density at radius 3 is 2.48 bits per heavy atom. The Bertz CT molecular complexity index is 588. The molecule has 0 saturated carbocycles. The summed E-state index contributed by atoms with van der Waals surface area (Å²) in [5.41, 5.74) is 3.57. The van der Waals surface area contributed by atoms with Crippen LogP contribution in [0.4, 0.5) is 0 Å². The van der Waals surface area contributed by atoms with E-state index < -0.39 is 0 Å². The number of fused-ring (bicyclic) bond motifs is 1. The van der Waals surface area contributed by atoms with Crippen LogP contribution in [0, 0.1) is 0 Å². The van der Waals surface area contributed by atoms with Gasteiger partial charge in [-0.05, 0) is 35.2 Å². The summed E-state index contributed by atoms with van der Waals surface area (Å²) in [4.78, 5) is 11.4. The molecule has 1 aliphatic carbocycles. The molecule has 3 rings (SSSR count). The van der Waals surface area contributed by atoms with Crippen LogP contribution >= 0.6 is 0 Å². The number of benzene rings is 2. The number of carbonyl (C=O) groups excluding carboxylic acids is 1. The van der Waals surface area contributed by atoms with E-state index in [1.54, 1.807) is 0 Å². The molecule has 21 heavy (non-hydrogen) atoms. The van der Waals surface area contributed by atoms with E-state index in [4.69, 9.17) is 4.74 Å². The lowest BCUT2D eigenvalue weighted by atomic mass is 9.91. The first-order valence-electron chi connectivity index (χ1n) is 7.61. The van der Waals surface area contributed by atoms with Gasteiger partial charge in [0.25, 0.3) is 0 Å². The van der Waals surface area contributed by atoms with Crippen LogP contribution in [0.25, 0.3) is 0 Å².